The first-order valence-corrected chi connectivity index (χ1v) is 15.2. The van der Waals surface area contributed by atoms with Crippen molar-refractivity contribution in [1.82, 2.24) is 25.1 Å². The van der Waals surface area contributed by atoms with E-state index in [-0.39, 0.29) is 41.3 Å². The van der Waals surface area contributed by atoms with Crippen LogP contribution in [0.1, 0.15) is 70.1 Å². The second kappa shape index (κ2) is 14.0. The third kappa shape index (κ3) is 8.09. The Balaban J connectivity index is 1.56. The molecule has 1 aliphatic heterocycles. The average molecular weight is 590 g/mol. The highest BCUT2D eigenvalue weighted by molar-refractivity contribution is 5.92. The van der Waals surface area contributed by atoms with Crippen molar-refractivity contribution in [2.45, 2.75) is 72.4 Å². The number of halogens is 1. The molecule has 1 aromatic heterocycles. The molecule has 0 bridgehead atoms. The predicted octanol–water partition coefficient (Wildman–Crippen LogP) is 5.47. The molecule has 0 saturated carbocycles. The molecule has 0 spiro atoms. The van der Waals surface area contributed by atoms with Gasteiger partial charge in [0.15, 0.2) is 5.82 Å². The Morgan fingerprint density at radius 3 is 2.47 bits per heavy atom. The van der Waals surface area contributed by atoms with Gasteiger partial charge in [0.2, 0.25) is 11.8 Å². The highest BCUT2D eigenvalue weighted by Crippen LogP contribution is 2.27. The normalized spacial score (nSPS) is 16.5. The van der Waals surface area contributed by atoms with Gasteiger partial charge in [-0.25, -0.2) is 9.37 Å². The summed E-state index contributed by atoms with van der Waals surface area (Å²) in [5.41, 5.74) is 2.08. The van der Waals surface area contributed by atoms with Gasteiger partial charge in [0.05, 0.1) is 11.9 Å². The van der Waals surface area contributed by atoms with Crippen molar-refractivity contribution in [3.8, 4) is 11.3 Å². The SMILES string of the molecule is CC[C@@H](C)C(=O)N[C@H](C(=O)N1CCC[C@H]1CN(CCc1ccc(F)cc1)C(=O)c1ncc(-c2ccccc2)[nH]1)C(C)(C)C. The summed E-state index contributed by atoms with van der Waals surface area (Å²) in [5, 5.41) is 3.02. The van der Waals surface area contributed by atoms with E-state index >= 15 is 0 Å². The summed E-state index contributed by atoms with van der Waals surface area (Å²) in [6.45, 7) is 10.9. The van der Waals surface area contributed by atoms with E-state index < -0.39 is 11.5 Å². The first-order chi connectivity index (χ1) is 20.5. The monoisotopic (exact) mass is 589 g/mol. The number of amides is 3. The summed E-state index contributed by atoms with van der Waals surface area (Å²) in [6, 6.07) is 15.0. The second-order valence-electron chi connectivity index (χ2n) is 12.6. The van der Waals surface area contributed by atoms with Crippen LogP contribution in [0.15, 0.2) is 60.8 Å². The molecule has 0 radical (unpaired) electrons. The van der Waals surface area contributed by atoms with E-state index in [2.05, 4.69) is 15.3 Å². The number of aromatic amines is 1. The van der Waals surface area contributed by atoms with Gasteiger partial charge < -0.3 is 20.1 Å². The van der Waals surface area contributed by atoms with E-state index in [4.69, 9.17) is 0 Å². The van der Waals surface area contributed by atoms with Gasteiger partial charge in [-0.3, -0.25) is 14.4 Å². The van der Waals surface area contributed by atoms with Crippen molar-refractivity contribution >= 4 is 17.7 Å². The van der Waals surface area contributed by atoms with Gasteiger partial charge in [-0.1, -0.05) is 77.1 Å². The summed E-state index contributed by atoms with van der Waals surface area (Å²) in [4.78, 5) is 51.9. The van der Waals surface area contributed by atoms with Gasteiger partial charge in [-0.15, -0.1) is 0 Å². The summed E-state index contributed by atoms with van der Waals surface area (Å²) in [5.74, 6) is -0.796. The Hall–Kier alpha value is -4.01. The molecule has 3 atom stereocenters. The zero-order chi connectivity index (χ0) is 31.1. The van der Waals surface area contributed by atoms with Gasteiger partial charge in [0.25, 0.3) is 5.91 Å². The maximum Gasteiger partial charge on any atom is 0.289 e. The van der Waals surface area contributed by atoms with Crippen LogP contribution in [0.25, 0.3) is 11.3 Å². The van der Waals surface area contributed by atoms with E-state index in [9.17, 15) is 18.8 Å². The largest absolute Gasteiger partial charge is 0.344 e. The molecule has 0 aliphatic carbocycles. The van der Waals surface area contributed by atoms with Crippen molar-refractivity contribution in [3.63, 3.8) is 0 Å². The van der Waals surface area contributed by atoms with Crippen LogP contribution >= 0.6 is 0 Å². The number of aromatic nitrogens is 2. The smallest absolute Gasteiger partial charge is 0.289 e. The first-order valence-electron chi connectivity index (χ1n) is 15.2. The molecule has 2 aromatic carbocycles. The highest BCUT2D eigenvalue weighted by atomic mass is 19.1. The molecule has 1 saturated heterocycles. The molecule has 9 heteroatoms. The van der Waals surface area contributed by atoms with Crippen LogP contribution in [-0.2, 0) is 16.0 Å². The molecule has 43 heavy (non-hydrogen) atoms. The number of nitrogens with zero attached hydrogens (tertiary/aromatic N) is 3. The Morgan fingerprint density at radius 1 is 1.12 bits per heavy atom. The number of nitrogens with one attached hydrogen (secondary N) is 2. The van der Waals surface area contributed by atoms with E-state index in [0.29, 0.717) is 32.5 Å². The number of carbonyl (C=O) groups is 3. The summed E-state index contributed by atoms with van der Waals surface area (Å²) in [7, 11) is 0. The lowest BCUT2D eigenvalue weighted by Gasteiger charge is -2.37. The molecule has 1 aliphatic rings. The molecule has 2 heterocycles. The van der Waals surface area contributed by atoms with Crippen molar-refractivity contribution in [1.29, 1.82) is 0 Å². The molecule has 0 unspecified atom stereocenters. The predicted molar refractivity (Wildman–Crippen MR) is 166 cm³/mol. The first kappa shape index (κ1) is 31.9. The Morgan fingerprint density at radius 2 is 1.81 bits per heavy atom. The van der Waals surface area contributed by atoms with Gasteiger partial charge in [-0.2, -0.15) is 0 Å². The Labute approximate surface area is 254 Å². The van der Waals surface area contributed by atoms with Gasteiger partial charge >= 0.3 is 0 Å². The van der Waals surface area contributed by atoms with Gasteiger partial charge in [0, 0.05) is 31.6 Å². The minimum atomic E-state index is -0.684. The van der Waals surface area contributed by atoms with Crippen molar-refractivity contribution in [3.05, 3.63) is 78.0 Å². The third-order valence-electron chi connectivity index (χ3n) is 8.28. The molecule has 230 valence electrons. The van der Waals surface area contributed by atoms with Gasteiger partial charge in [-0.05, 0) is 54.4 Å². The molecule has 2 N–H and O–H groups in total. The van der Waals surface area contributed by atoms with Crippen LogP contribution in [0.5, 0.6) is 0 Å². The van der Waals surface area contributed by atoms with Crippen molar-refractivity contribution < 1.29 is 18.8 Å². The second-order valence-corrected chi connectivity index (χ2v) is 12.6. The highest BCUT2D eigenvalue weighted by Gasteiger charge is 2.41. The minimum Gasteiger partial charge on any atom is -0.344 e. The van der Waals surface area contributed by atoms with E-state index in [0.717, 1.165) is 29.7 Å². The lowest BCUT2D eigenvalue weighted by Crippen LogP contribution is -2.57. The molecule has 8 nitrogen and oxygen atoms in total. The third-order valence-corrected chi connectivity index (χ3v) is 8.28. The number of carbonyl (C=O) groups excluding carboxylic acids is 3. The molecule has 1 fully saturated rings. The summed E-state index contributed by atoms with van der Waals surface area (Å²) < 4.78 is 13.5. The number of H-pyrrole nitrogens is 1. The quantitative estimate of drug-likeness (QED) is 0.310. The fourth-order valence-electron chi connectivity index (χ4n) is 5.39. The number of imidazole rings is 1. The van der Waals surface area contributed by atoms with Crippen LogP contribution < -0.4 is 5.32 Å². The van der Waals surface area contributed by atoms with Crippen LogP contribution in [0.3, 0.4) is 0 Å². The zero-order valence-corrected chi connectivity index (χ0v) is 25.9. The number of likely N-dealkylation sites (tertiary alicyclic amines) is 1. The zero-order valence-electron chi connectivity index (χ0n) is 25.9. The number of hydrogen-bond acceptors (Lipinski definition) is 4. The van der Waals surface area contributed by atoms with E-state index in [1.54, 1.807) is 23.2 Å². The number of rotatable bonds is 11. The molecule has 3 amide bonds. The standard InChI is InChI=1S/C34H44FN5O3/c1-6-23(2)31(41)38-29(34(3,4)5)32(42)40-19-10-13-27(40)22-39(20-18-24-14-16-26(35)17-15-24)33(43)30-36-21-28(37-30)25-11-8-7-9-12-25/h7-9,11-12,14-17,21,23,27,29H,6,10,13,18-20,22H2,1-5H3,(H,36,37)(H,38,41)/t23-,27+,29-/m1/s1. The average Bonchev–Trinajstić information content (AvgIpc) is 3.68. The molecule has 4 rings (SSSR count). The van der Waals surface area contributed by atoms with Gasteiger partial charge in [0.1, 0.15) is 11.9 Å². The summed E-state index contributed by atoms with van der Waals surface area (Å²) >= 11 is 0. The molecular weight excluding hydrogens is 545 g/mol. The fraction of sp³-hybridized carbons (Fsp3) is 0.471. The van der Waals surface area contributed by atoms with Crippen LogP contribution in [-0.4, -0.2) is 69.2 Å². The van der Waals surface area contributed by atoms with E-state index in [1.165, 1.54) is 12.1 Å². The topological polar surface area (TPSA) is 98.4 Å². The fourth-order valence-corrected chi connectivity index (χ4v) is 5.39. The Bertz CT molecular complexity index is 1380. The Kier molecular flexibility index (Phi) is 10.4. The maximum absolute atomic E-state index is 14.0. The van der Waals surface area contributed by atoms with Crippen LogP contribution in [0.4, 0.5) is 4.39 Å². The minimum absolute atomic E-state index is 0.123. The number of hydrogen-bond donors (Lipinski definition) is 2. The summed E-state index contributed by atoms with van der Waals surface area (Å²) in [6.07, 6.45) is 4.42. The van der Waals surface area contributed by atoms with E-state index in [1.807, 2.05) is 69.9 Å². The number of benzene rings is 2. The maximum atomic E-state index is 14.0. The lowest BCUT2D eigenvalue weighted by atomic mass is 9.85. The molecule has 3 aromatic rings. The van der Waals surface area contributed by atoms with Crippen LogP contribution in [0.2, 0.25) is 0 Å². The van der Waals surface area contributed by atoms with Crippen molar-refractivity contribution in [2.24, 2.45) is 11.3 Å². The lowest BCUT2D eigenvalue weighted by molar-refractivity contribution is -0.141. The molecular formula is C34H44FN5O3. The van der Waals surface area contributed by atoms with Crippen LogP contribution in [0, 0.1) is 17.2 Å². The van der Waals surface area contributed by atoms with Crippen molar-refractivity contribution in [2.75, 3.05) is 19.6 Å².